The Labute approximate surface area is 175 Å². The lowest BCUT2D eigenvalue weighted by Gasteiger charge is -2.29. The Morgan fingerprint density at radius 1 is 1.17 bits per heavy atom. The molecule has 1 saturated carbocycles. The highest BCUT2D eigenvalue weighted by Crippen LogP contribution is 2.38. The molecule has 4 nitrogen and oxygen atoms in total. The molecule has 1 aliphatic carbocycles. The molecule has 1 saturated heterocycles. The van der Waals surface area contributed by atoms with E-state index in [1.54, 1.807) is 0 Å². The second-order valence-corrected chi connectivity index (χ2v) is 7.87. The number of ether oxygens (including phenoxy) is 3. The van der Waals surface area contributed by atoms with Crippen LogP contribution in [-0.2, 0) is 20.4 Å². The van der Waals surface area contributed by atoms with Gasteiger partial charge in [-0.2, -0.15) is 13.2 Å². The Morgan fingerprint density at radius 3 is 2.77 bits per heavy atom. The van der Waals surface area contributed by atoms with E-state index in [2.05, 4.69) is 6.08 Å². The number of hydrogen-bond acceptors (Lipinski definition) is 4. The second-order valence-electron chi connectivity index (χ2n) is 7.87. The number of aldehydes is 1. The van der Waals surface area contributed by atoms with Gasteiger partial charge in [0.2, 0.25) is 0 Å². The van der Waals surface area contributed by atoms with Crippen molar-refractivity contribution < 1.29 is 32.2 Å². The number of allylic oxidation sites excluding steroid dienone is 1. The molecular formula is C23H29F3O4. The summed E-state index contributed by atoms with van der Waals surface area (Å²) in [5, 5.41) is 0. The van der Waals surface area contributed by atoms with Crippen molar-refractivity contribution in [2.45, 2.75) is 63.5 Å². The maximum absolute atomic E-state index is 12.8. The van der Waals surface area contributed by atoms with Crippen molar-refractivity contribution >= 4 is 6.29 Å². The van der Waals surface area contributed by atoms with Crippen molar-refractivity contribution in [3.05, 3.63) is 42.0 Å². The number of carbonyl (C=O) groups excluding carboxylic acids is 1. The minimum atomic E-state index is -4.38. The van der Waals surface area contributed by atoms with Gasteiger partial charge in [0.15, 0.2) is 6.29 Å². The van der Waals surface area contributed by atoms with Crippen LogP contribution in [0.5, 0.6) is 5.75 Å². The largest absolute Gasteiger partial charge is 0.493 e. The van der Waals surface area contributed by atoms with Crippen LogP contribution in [0, 0.1) is 11.8 Å². The first-order valence-corrected chi connectivity index (χ1v) is 10.6. The van der Waals surface area contributed by atoms with E-state index in [0.29, 0.717) is 19.4 Å². The summed E-state index contributed by atoms with van der Waals surface area (Å²) in [5.74, 6) is 0.588. The topological polar surface area (TPSA) is 44.8 Å². The van der Waals surface area contributed by atoms with Gasteiger partial charge in [-0.1, -0.05) is 18.2 Å². The molecule has 1 aliphatic heterocycles. The zero-order valence-corrected chi connectivity index (χ0v) is 17.0. The molecule has 0 bridgehead atoms. The Bertz CT molecular complexity index is 698. The van der Waals surface area contributed by atoms with Gasteiger partial charge < -0.3 is 19.0 Å². The van der Waals surface area contributed by atoms with Crippen LogP contribution < -0.4 is 4.74 Å². The fourth-order valence-corrected chi connectivity index (χ4v) is 4.20. The summed E-state index contributed by atoms with van der Waals surface area (Å²) < 4.78 is 55.5. The first-order chi connectivity index (χ1) is 14.5. The molecule has 30 heavy (non-hydrogen) atoms. The van der Waals surface area contributed by atoms with E-state index in [1.165, 1.54) is 12.1 Å². The molecule has 0 radical (unpaired) electrons. The third-order valence-electron chi connectivity index (χ3n) is 5.74. The molecule has 3 rings (SSSR count). The number of alkyl halides is 3. The molecule has 7 heteroatoms. The zero-order chi connectivity index (χ0) is 21.4. The van der Waals surface area contributed by atoms with E-state index >= 15 is 0 Å². The average molecular weight is 426 g/mol. The van der Waals surface area contributed by atoms with Crippen LogP contribution in [0.25, 0.3) is 0 Å². The summed E-state index contributed by atoms with van der Waals surface area (Å²) in [5.41, 5.74) is -0.716. The van der Waals surface area contributed by atoms with Crippen molar-refractivity contribution in [2.75, 3.05) is 13.2 Å². The predicted molar refractivity (Wildman–Crippen MR) is 106 cm³/mol. The number of carbonyl (C=O) groups is 1. The third kappa shape index (κ3) is 6.57. The molecule has 0 amide bonds. The maximum Gasteiger partial charge on any atom is 0.416 e. The van der Waals surface area contributed by atoms with Gasteiger partial charge in [-0.05, 0) is 68.6 Å². The van der Waals surface area contributed by atoms with E-state index in [1.807, 2.05) is 6.08 Å². The summed E-state index contributed by atoms with van der Waals surface area (Å²) >= 11 is 0. The summed E-state index contributed by atoms with van der Waals surface area (Å²) in [7, 11) is 0. The lowest BCUT2D eigenvalue weighted by molar-refractivity contribution is -0.195. The van der Waals surface area contributed by atoms with Crippen LogP contribution in [0.1, 0.15) is 50.5 Å². The normalized spacial score (nSPS) is 27.4. The van der Waals surface area contributed by atoms with Gasteiger partial charge in [0.1, 0.15) is 12.0 Å². The Kier molecular flexibility index (Phi) is 8.33. The fraction of sp³-hybridized carbons (Fsp3) is 0.609. The Balaban J connectivity index is 1.46. The summed E-state index contributed by atoms with van der Waals surface area (Å²) in [6.45, 7) is 1.02. The first kappa shape index (κ1) is 22.8. The molecule has 0 aromatic heterocycles. The van der Waals surface area contributed by atoms with Gasteiger partial charge in [0.25, 0.3) is 0 Å². The number of hydrogen-bond donors (Lipinski definition) is 0. The summed E-state index contributed by atoms with van der Waals surface area (Å²) in [4.78, 5) is 11.2. The van der Waals surface area contributed by atoms with Crippen LogP contribution in [-0.4, -0.2) is 31.9 Å². The second kappa shape index (κ2) is 11.0. The number of rotatable bonds is 9. The van der Waals surface area contributed by atoms with E-state index in [0.717, 1.165) is 57.1 Å². The first-order valence-electron chi connectivity index (χ1n) is 10.6. The zero-order valence-electron chi connectivity index (χ0n) is 17.0. The van der Waals surface area contributed by atoms with E-state index in [4.69, 9.17) is 14.2 Å². The minimum Gasteiger partial charge on any atom is -0.493 e. The Morgan fingerprint density at radius 2 is 2.03 bits per heavy atom. The van der Waals surface area contributed by atoms with Gasteiger partial charge in [0.05, 0.1) is 18.3 Å². The molecule has 2 unspecified atom stereocenters. The SMILES string of the molecule is O=CC[C@@H]1C(C=CCCOc2cccc(C(F)(F)F)c2)CC[C@@H]1OC1CCCCO1. The lowest BCUT2D eigenvalue weighted by atomic mass is 9.91. The predicted octanol–water partition coefficient (Wildman–Crippen LogP) is 5.56. The molecule has 2 fully saturated rings. The molecule has 1 aromatic rings. The molecular weight excluding hydrogens is 397 g/mol. The van der Waals surface area contributed by atoms with Crippen LogP contribution in [0.15, 0.2) is 36.4 Å². The van der Waals surface area contributed by atoms with E-state index in [-0.39, 0.29) is 30.0 Å². The fourth-order valence-electron chi connectivity index (χ4n) is 4.20. The summed E-state index contributed by atoms with van der Waals surface area (Å²) in [6, 6.07) is 4.89. The van der Waals surface area contributed by atoms with Gasteiger partial charge in [-0.15, -0.1) is 0 Å². The molecule has 2 aliphatic rings. The van der Waals surface area contributed by atoms with Crippen LogP contribution >= 0.6 is 0 Å². The molecule has 166 valence electrons. The number of benzene rings is 1. The number of halogens is 3. The third-order valence-corrected chi connectivity index (χ3v) is 5.74. The monoisotopic (exact) mass is 426 g/mol. The maximum atomic E-state index is 12.8. The van der Waals surface area contributed by atoms with E-state index in [9.17, 15) is 18.0 Å². The minimum absolute atomic E-state index is 0.0225. The van der Waals surface area contributed by atoms with Gasteiger partial charge in [-0.3, -0.25) is 0 Å². The van der Waals surface area contributed by atoms with Crippen molar-refractivity contribution in [1.29, 1.82) is 0 Å². The van der Waals surface area contributed by atoms with Crippen molar-refractivity contribution in [3.8, 4) is 5.75 Å². The highest BCUT2D eigenvalue weighted by Gasteiger charge is 2.37. The van der Waals surface area contributed by atoms with Crippen molar-refractivity contribution in [2.24, 2.45) is 11.8 Å². The van der Waals surface area contributed by atoms with Crippen LogP contribution in [0.4, 0.5) is 13.2 Å². The summed E-state index contributed by atoms with van der Waals surface area (Å²) in [6.07, 6.45) is 6.45. The van der Waals surface area contributed by atoms with Crippen molar-refractivity contribution in [3.63, 3.8) is 0 Å². The average Bonchev–Trinajstić information content (AvgIpc) is 3.10. The van der Waals surface area contributed by atoms with Gasteiger partial charge in [0, 0.05) is 13.0 Å². The Hall–Kier alpha value is -1.86. The smallest absolute Gasteiger partial charge is 0.416 e. The molecule has 0 spiro atoms. The van der Waals surface area contributed by atoms with Crippen LogP contribution in [0.2, 0.25) is 0 Å². The molecule has 0 N–H and O–H groups in total. The molecule has 1 heterocycles. The molecule has 1 aromatic carbocycles. The van der Waals surface area contributed by atoms with E-state index < -0.39 is 11.7 Å². The van der Waals surface area contributed by atoms with Gasteiger partial charge in [-0.25, -0.2) is 0 Å². The molecule has 4 atom stereocenters. The standard InChI is InChI=1S/C23H29F3O4/c24-23(25,26)18-7-5-8-19(16-18)28-14-3-1-6-17-10-11-21(20(17)12-13-27)30-22-9-2-4-15-29-22/h1,5-8,13,16-17,20-22H,2-4,9-12,14-15H2/t17?,20-,21+,22?/m1/s1. The quantitative estimate of drug-likeness (QED) is 0.295. The lowest BCUT2D eigenvalue weighted by Crippen LogP contribution is -2.31. The van der Waals surface area contributed by atoms with Crippen molar-refractivity contribution in [1.82, 2.24) is 0 Å². The van der Waals surface area contributed by atoms with Gasteiger partial charge >= 0.3 is 6.18 Å². The highest BCUT2D eigenvalue weighted by molar-refractivity contribution is 5.50. The van der Waals surface area contributed by atoms with Crippen LogP contribution in [0.3, 0.4) is 0 Å². The highest BCUT2D eigenvalue weighted by atomic mass is 19.4.